The number of hydrogen-bond donors (Lipinski definition) is 0. The third-order valence-corrected chi connectivity index (χ3v) is 4.09. The van der Waals surface area contributed by atoms with Crippen LogP contribution in [-0.4, -0.2) is 32.5 Å². The SMILES string of the molecule is [Sn][c]1cnc(-c2nccs2)s1. The van der Waals surface area contributed by atoms with Gasteiger partial charge in [-0.2, -0.15) is 0 Å². The third-order valence-electron chi connectivity index (χ3n) is 1.12. The average Bonchev–Trinajstić information content (AvgIpc) is 2.55. The Morgan fingerprint density at radius 2 is 2.18 bits per heavy atom. The molecule has 0 amide bonds. The molecule has 3 radical (unpaired) electrons. The van der Waals surface area contributed by atoms with E-state index in [1.54, 1.807) is 22.7 Å². The maximum atomic E-state index is 4.25. The summed E-state index contributed by atoms with van der Waals surface area (Å²) in [7, 11) is 0. The molecule has 0 bridgehead atoms. The summed E-state index contributed by atoms with van der Waals surface area (Å²) >= 11 is 4.78. The first kappa shape index (κ1) is 7.69. The van der Waals surface area contributed by atoms with Crippen molar-refractivity contribution < 1.29 is 0 Å². The van der Waals surface area contributed by atoms with E-state index in [9.17, 15) is 0 Å². The third kappa shape index (κ3) is 1.62. The van der Waals surface area contributed by atoms with Gasteiger partial charge in [-0.3, -0.25) is 0 Å². The molecule has 0 spiro atoms. The molecule has 2 aromatic heterocycles. The van der Waals surface area contributed by atoms with Crippen molar-refractivity contribution in [1.82, 2.24) is 9.97 Å². The zero-order valence-electron chi connectivity index (χ0n) is 5.44. The fourth-order valence-corrected chi connectivity index (χ4v) is 3.07. The molecule has 2 heterocycles. The Labute approximate surface area is 85.4 Å². The minimum absolute atomic E-state index is 1.03. The molecule has 2 nitrogen and oxygen atoms in total. The second-order valence-electron chi connectivity index (χ2n) is 1.87. The Kier molecular flexibility index (Phi) is 2.24. The van der Waals surface area contributed by atoms with Crippen molar-refractivity contribution in [1.29, 1.82) is 0 Å². The second-order valence-corrected chi connectivity index (χ2v) is 6.36. The molecule has 0 N–H and O–H groups in total. The molecule has 0 fully saturated rings. The van der Waals surface area contributed by atoms with Crippen molar-refractivity contribution in [3.8, 4) is 10.0 Å². The monoisotopic (exact) mass is 287 g/mol. The van der Waals surface area contributed by atoms with Crippen LogP contribution in [0.25, 0.3) is 10.0 Å². The van der Waals surface area contributed by atoms with Gasteiger partial charge in [-0.25, -0.2) is 0 Å². The molecular formula is C6H3N2S2Sn. The summed E-state index contributed by atoms with van der Waals surface area (Å²) in [5, 5.41) is 4.05. The molecule has 0 saturated heterocycles. The first-order valence-electron chi connectivity index (χ1n) is 2.93. The standard InChI is InChI=1S/C6H3N2S2.Sn/c1-3-9-5(7-1)6-8-2-4-10-6;/h1-3H;. The van der Waals surface area contributed by atoms with Crippen molar-refractivity contribution in [2.45, 2.75) is 0 Å². The molecule has 2 aromatic rings. The zero-order valence-corrected chi connectivity index (χ0v) is 9.93. The van der Waals surface area contributed by atoms with Crippen molar-refractivity contribution in [3.05, 3.63) is 17.8 Å². The Balaban J connectivity index is 2.45. The predicted octanol–water partition coefficient (Wildman–Crippen LogP) is 1.06. The van der Waals surface area contributed by atoms with Crippen LogP contribution in [0.3, 0.4) is 0 Å². The summed E-state index contributed by atoms with van der Waals surface area (Å²) in [5.74, 6) is 0. The van der Waals surface area contributed by atoms with Crippen LogP contribution in [0.5, 0.6) is 0 Å². The van der Waals surface area contributed by atoms with E-state index in [0.717, 1.165) is 10.0 Å². The number of hydrogen-bond acceptors (Lipinski definition) is 4. The molecular weight excluding hydrogens is 283 g/mol. The summed E-state index contributed by atoms with van der Waals surface area (Å²) in [6.45, 7) is 0. The number of nitrogens with zero attached hydrogens (tertiary/aromatic N) is 2. The second kappa shape index (κ2) is 3.20. The molecule has 11 heavy (non-hydrogen) atoms. The van der Waals surface area contributed by atoms with Crippen LogP contribution in [0.1, 0.15) is 0 Å². The van der Waals surface area contributed by atoms with Gasteiger partial charge in [0.25, 0.3) is 0 Å². The Bertz CT molecular complexity index is 341. The van der Waals surface area contributed by atoms with Crippen molar-refractivity contribution in [2.24, 2.45) is 0 Å². The average molecular weight is 286 g/mol. The van der Waals surface area contributed by atoms with E-state index in [0.29, 0.717) is 0 Å². The molecule has 53 valence electrons. The van der Waals surface area contributed by atoms with Crippen molar-refractivity contribution >= 4 is 48.1 Å². The van der Waals surface area contributed by atoms with Gasteiger partial charge >= 0.3 is 85.8 Å². The molecule has 0 saturated carbocycles. The topological polar surface area (TPSA) is 25.8 Å². The van der Waals surface area contributed by atoms with E-state index in [1.165, 1.54) is 25.4 Å². The number of aromatic nitrogens is 2. The van der Waals surface area contributed by atoms with E-state index < -0.39 is 0 Å². The summed E-state index contributed by atoms with van der Waals surface area (Å²) in [6.07, 6.45) is 3.73. The normalized spacial score (nSPS) is 10.3. The first-order chi connectivity index (χ1) is 5.36. The first-order valence-corrected chi connectivity index (χ1v) is 6.06. The van der Waals surface area contributed by atoms with E-state index in [-0.39, 0.29) is 0 Å². The van der Waals surface area contributed by atoms with Crippen molar-refractivity contribution in [3.63, 3.8) is 0 Å². The Morgan fingerprint density at radius 1 is 1.27 bits per heavy atom. The van der Waals surface area contributed by atoms with Gasteiger partial charge in [0.15, 0.2) is 0 Å². The fraction of sp³-hybridized carbons (Fsp3) is 0. The quantitative estimate of drug-likeness (QED) is 0.733. The van der Waals surface area contributed by atoms with Crippen LogP contribution in [0, 0.1) is 0 Å². The van der Waals surface area contributed by atoms with Gasteiger partial charge in [0, 0.05) is 0 Å². The Hall–Kier alpha value is 0.0587. The van der Waals surface area contributed by atoms with Gasteiger partial charge in [-0.1, -0.05) is 0 Å². The summed E-state index contributed by atoms with van der Waals surface area (Å²) in [5.41, 5.74) is 0. The van der Waals surface area contributed by atoms with Crippen LogP contribution < -0.4 is 2.89 Å². The van der Waals surface area contributed by atoms with Gasteiger partial charge in [-0.05, 0) is 0 Å². The van der Waals surface area contributed by atoms with Gasteiger partial charge in [-0.15, -0.1) is 0 Å². The Morgan fingerprint density at radius 3 is 2.73 bits per heavy atom. The summed E-state index contributed by atoms with van der Waals surface area (Å²) in [4.78, 5) is 8.42. The van der Waals surface area contributed by atoms with Crippen LogP contribution in [0.15, 0.2) is 17.8 Å². The fourth-order valence-electron chi connectivity index (χ4n) is 0.702. The molecule has 0 aliphatic rings. The number of thiazole rings is 2. The zero-order chi connectivity index (χ0) is 7.68. The van der Waals surface area contributed by atoms with Crippen molar-refractivity contribution in [2.75, 3.05) is 0 Å². The molecule has 0 aliphatic carbocycles. The molecule has 0 unspecified atom stereocenters. The predicted molar refractivity (Wildman–Crippen MR) is 48.6 cm³/mol. The van der Waals surface area contributed by atoms with Crippen LogP contribution in [-0.2, 0) is 0 Å². The van der Waals surface area contributed by atoms with E-state index in [4.69, 9.17) is 0 Å². The van der Waals surface area contributed by atoms with Crippen LogP contribution in [0.4, 0.5) is 0 Å². The molecule has 0 aromatic carbocycles. The van der Waals surface area contributed by atoms with Gasteiger partial charge < -0.3 is 0 Å². The van der Waals surface area contributed by atoms with Gasteiger partial charge in [0.2, 0.25) is 0 Å². The summed E-state index contributed by atoms with van der Waals surface area (Å²) < 4.78 is 1.32. The van der Waals surface area contributed by atoms with Crippen LogP contribution >= 0.6 is 22.7 Å². The summed E-state index contributed by atoms with van der Waals surface area (Å²) in [6, 6.07) is 0. The van der Waals surface area contributed by atoms with E-state index in [1.807, 2.05) is 17.8 Å². The van der Waals surface area contributed by atoms with E-state index in [2.05, 4.69) is 9.97 Å². The molecule has 2 rings (SSSR count). The van der Waals surface area contributed by atoms with Gasteiger partial charge in [0.05, 0.1) is 0 Å². The van der Waals surface area contributed by atoms with Crippen LogP contribution in [0.2, 0.25) is 0 Å². The van der Waals surface area contributed by atoms with E-state index >= 15 is 0 Å². The minimum atomic E-state index is 1.03. The molecule has 0 aliphatic heterocycles. The molecule has 5 heteroatoms. The number of rotatable bonds is 1. The molecule has 0 atom stereocenters. The van der Waals surface area contributed by atoms with Gasteiger partial charge in [0.1, 0.15) is 0 Å². The maximum absolute atomic E-state index is 4.25.